The lowest BCUT2D eigenvalue weighted by Gasteiger charge is -2.19. The van der Waals surface area contributed by atoms with Gasteiger partial charge in [-0.25, -0.2) is 0 Å². The van der Waals surface area contributed by atoms with Crippen LogP contribution in [-0.4, -0.2) is 19.8 Å². The van der Waals surface area contributed by atoms with E-state index >= 15 is 0 Å². The van der Waals surface area contributed by atoms with E-state index in [2.05, 4.69) is 46.8 Å². The van der Waals surface area contributed by atoms with Gasteiger partial charge in [-0.05, 0) is 29.0 Å². The Hall–Kier alpha value is -1.02. The van der Waals surface area contributed by atoms with Crippen LogP contribution in [0.3, 0.4) is 0 Å². The molecule has 0 unspecified atom stereocenters. The van der Waals surface area contributed by atoms with Gasteiger partial charge in [-0.3, -0.25) is 0 Å². The number of ether oxygens (including phenoxy) is 2. The highest BCUT2D eigenvalue weighted by atomic mass is 16.5. The van der Waals surface area contributed by atoms with E-state index in [0.717, 1.165) is 12.4 Å². The summed E-state index contributed by atoms with van der Waals surface area (Å²) in [6, 6.07) is 8.32. The third-order valence-corrected chi connectivity index (χ3v) is 2.67. The summed E-state index contributed by atoms with van der Waals surface area (Å²) in [5.74, 6) is 1.49. The minimum Gasteiger partial charge on any atom is -0.491 e. The molecule has 0 bridgehead atoms. The third kappa shape index (κ3) is 5.54. The molecule has 0 radical (unpaired) electrons. The lowest BCUT2D eigenvalue weighted by molar-refractivity contribution is 0.0819. The summed E-state index contributed by atoms with van der Waals surface area (Å²) in [4.78, 5) is 0. The van der Waals surface area contributed by atoms with E-state index < -0.39 is 0 Å². The van der Waals surface area contributed by atoms with Crippen LogP contribution >= 0.6 is 0 Å². The second-order valence-corrected chi connectivity index (χ2v) is 6.09. The van der Waals surface area contributed by atoms with Crippen molar-refractivity contribution < 1.29 is 9.47 Å². The van der Waals surface area contributed by atoms with Crippen molar-refractivity contribution in [2.45, 2.75) is 40.0 Å². The summed E-state index contributed by atoms with van der Waals surface area (Å²) >= 11 is 0. The molecule has 18 heavy (non-hydrogen) atoms. The SMILES string of the molecule is CC(C)COCCOc1ccc(C(C)(C)C)cc1. The third-order valence-electron chi connectivity index (χ3n) is 2.67. The fraction of sp³-hybridized carbons (Fsp3) is 0.625. The van der Waals surface area contributed by atoms with Crippen molar-refractivity contribution in [1.29, 1.82) is 0 Å². The van der Waals surface area contributed by atoms with E-state index in [0.29, 0.717) is 19.1 Å². The van der Waals surface area contributed by atoms with Crippen molar-refractivity contribution in [3.63, 3.8) is 0 Å². The Labute approximate surface area is 111 Å². The lowest BCUT2D eigenvalue weighted by Crippen LogP contribution is -2.12. The summed E-state index contributed by atoms with van der Waals surface area (Å²) in [5.41, 5.74) is 1.52. The molecule has 0 heterocycles. The van der Waals surface area contributed by atoms with Crippen LogP contribution in [0.2, 0.25) is 0 Å². The highest BCUT2D eigenvalue weighted by Crippen LogP contribution is 2.24. The molecule has 0 aliphatic carbocycles. The van der Waals surface area contributed by atoms with Gasteiger partial charge in [0.2, 0.25) is 0 Å². The Bertz CT molecular complexity index is 333. The van der Waals surface area contributed by atoms with Gasteiger partial charge in [-0.15, -0.1) is 0 Å². The monoisotopic (exact) mass is 250 g/mol. The van der Waals surface area contributed by atoms with Crippen molar-refractivity contribution in [2.24, 2.45) is 5.92 Å². The zero-order valence-electron chi connectivity index (χ0n) is 12.3. The molecule has 0 aliphatic heterocycles. The zero-order chi connectivity index (χ0) is 13.6. The number of benzene rings is 1. The molecule has 1 aromatic carbocycles. The van der Waals surface area contributed by atoms with Gasteiger partial charge in [0.25, 0.3) is 0 Å². The van der Waals surface area contributed by atoms with E-state index in [-0.39, 0.29) is 5.41 Å². The second-order valence-electron chi connectivity index (χ2n) is 6.09. The second kappa shape index (κ2) is 6.79. The standard InChI is InChI=1S/C16H26O2/c1-13(2)12-17-10-11-18-15-8-6-14(7-9-15)16(3,4)5/h6-9,13H,10-12H2,1-5H3. The van der Waals surface area contributed by atoms with Gasteiger partial charge in [0.15, 0.2) is 0 Å². The predicted octanol–water partition coefficient (Wildman–Crippen LogP) is 4.04. The highest BCUT2D eigenvalue weighted by Gasteiger charge is 2.12. The average molecular weight is 250 g/mol. The van der Waals surface area contributed by atoms with Crippen molar-refractivity contribution >= 4 is 0 Å². The lowest BCUT2D eigenvalue weighted by atomic mass is 9.87. The normalized spacial score (nSPS) is 11.9. The Kier molecular flexibility index (Phi) is 5.67. The molecule has 2 heteroatoms. The molecule has 0 spiro atoms. The Morgan fingerprint density at radius 3 is 2.11 bits per heavy atom. The quantitative estimate of drug-likeness (QED) is 0.709. The topological polar surface area (TPSA) is 18.5 Å². The maximum absolute atomic E-state index is 5.63. The molecule has 1 rings (SSSR count). The van der Waals surface area contributed by atoms with Gasteiger partial charge in [0.05, 0.1) is 6.61 Å². The minimum atomic E-state index is 0.193. The number of rotatable bonds is 6. The Morgan fingerprint density at radius 2 is 1.61 bits per heavy atom. The smallest absolute Gasteiger partial charge is 0.119 e. The fourth-order valence-corrected chi connectivity index (χ4v) is 1.59. The molecule has 0 aliphatic rings. The van der Waals surface area contributed by atoms with E-state index in [4.69, 9.17) is 9.47 Å². The first kappa shape index (κ1) is 15.0. The fourth-order valence-electron chi connectivity index (χ4n) is 1.59. The molecule has 102 valence electrons. The van der Waals surface area contributed by atoms with Crippen LogP contribution in [0.25, 0.3) is 0 Å². The average Bonchev–Trinajstić information content (AvgIpc) is 2.27. The summed E-state index contributed by atoms with van der Waals surface area (Å²) in [6.45, 7) is 13.0. The molecule has 1 aromatic rings. The van der Waals surface area contributed by atoms with Crippen LogP contribution in [-0.2, 0) is 10.2 Å². The minimum absolute atomic E-state index is 0.193. The van der Waals surface area contributed by atoms with E-state index in [1.807, 2.05) is 12.1 Å². The maximum atomic E-state index is 5.63. The van der Waals surface area contributed by atoms with E-state index in [1.54, 1.807) is 0 Å². The van der Waals surface area contributed by atoms with Gasteiger partial charge in [0.1, 0.15) is 12.4 Å². The Balaban J connectivity index is 2.31. The van der Waals surface area contributed by atoms with Crippen molar-refractivity contribution in [2.75, 3.05) is 19.8 Å². The van der Waals surface area contributed by atoms with Gasteiger partial charge >= 0.3 is 0 Å². The Morgan fingerprint density at radius 1 is 1.00 bits per heavy atom. The number of hydrogen-bond donors (Lipinski definition) is 0. The first-order valence-electron chi connectivity index (χ1n) is 6.70. The molecule has 0 aromatic heterocycles. The molecule has 0 N–H and O–H groups in total. The predicted molar refractivity (Wildman–Crippen MR) is 76.3 cm³/mol. The summed E-state index contributed by atoms with van der Waals surface area (Å²) in [7, 11) is 0. The van der Waals surface area contributed by atoms with Crippen LogP contribution < -0.4 is 4.74 Å². The molecular weight excluding hydrogens is 224 g/mol. The molecule has 0 amide bonds. The summed E-state index contributed by atoms with van der Waals surface area (Å²) < 4.78 is 11.1. The van der Waals surface area contributed by atoms with Crippen molar-refractivity contribution in [1.82, 2.24) is 0 Å². The maximum Gasteiger partial charge on any atom is 0.119 e. The van der Waals surface area contributed by atoms with Crippen molar-refractivity contribution in [3.05, 3.63) is 29.8 Å². The van der Waals surface area contributed by atoms with Crippen molar-refractivity contribution in [3.8, 4) is 5.75 Å². The van der Waals surface area contributed by atoms with Gasteiger partial charge < -0.3 is 9.47 Å². The summed E-state index contributed by atoms with van der Waals surface area (Å²) in [5, 5.41) is 0. The van der Waals surface area contributed by atoms with Crippen LogP contribution in [0.5, 0.6) is 5.75 Å². The van der Waals surface area contributed by atoms with Gasteiger partial charge in [-0.2, -0.15) is 0 Å². The van der Waals surface area contributed by atoms with Crippen LogP contribution in [0.15, 0.2) is 24.3 Å². The van der Waals surface area contributed by atoms with Gasteiger partial charge in [-0.1, -0.05) is 46.8 Å². The zero-order valence-corrected chi connectivity index (χ0v) is 12.3. The first-order valence-corrected chi connectivity index (χ1v) is 6.70. The van der Waals surface area contributed by atoms with Crippen LogP contribution in [0.1, 0.15) is 40.2 Å². The molecule has 0 saturated heterocycles. The van der Waals surface area contributed by atoms with Crippen LogP contribution in [0, 0.1) is 5.92 Å². The molecule has 0 saturated carbocycles. The largest absolute Gasteiger partial charge is 0.491 e. The van der Waals surface area contributed by atoms with Gasteiger partial charge in [0, 0.05) is 6.61 Å². The van der Waals surface area contributed by atoms with E-state index in [1.165, 1.54) is 5.56 Å². The number of hydrogen-bond acceptors (Lipinski definition) is 2. The first-order chi connectivity index (χ1) is 8.39. The molecule has 0 fully saturated rings. The van der Waals surface area contributed by atoms with E-state index in [9.17, 15) is 0 Å². The highest BCUT2D eigenvalue weighted by molar-refractivity contribution is 5.31. The molecule has 0 atom stereocenters. The van der Waals surface area contributed by atoms with Crippen LogP contribution in [0.4, 0.5) is 0 Å². The molecule has 2 nitrogen and oxygen atoms in total. The summed E-state index contributed by atoms with van der Waals surface area (Å²) in [6.07, 6.45) is 0. The molecular formula is C16H26O2.